The SMILES string of the molecule is CC(C)(C)OC(=O)CC(NS(=O)(=O)N(Cc1cccc(OC(=O)c2ccc(N=C(NC(=O)OC(C)(C)C)NC(=O)OC(C)(C)C)cc2)c1)C(=O)OC(C)(C)C)C(=O)OC(C)(C)C. The molecule has 1 atom stereocenters. The first-order valence-corrected chi connectivity index (χ1v) is 20.9. The Kier molecular flexibility index (Phi) is 17.2. The Morgan fingerprint density at radius 2 is 1.13 bits per heavy atom. The van der Waals surface area contributed by atoms with E-state index >= 15 is 0 Å². The molecule has 0 saturated heterocycles. The number of nitrogens with one attached hydrogen (secondary N) is 3. The molecule has 3 amide bonds. The van der Waals surface area contributed by atoms with Crippen molar-refractivity contribution in [2.75, 3.05) is 0 Å². The summed E-state index contributed by atoms with van der Waals surface area (Å²) in [5, 5.41) is 4.73. The van der Waals surface area contributed by atoms with Crippen LogP contribution < -0.4 is 20.1 Å². The molecule has 0 spiro atoms. The molecule has 0 bridgehead atoms. The Hall–Kier alpha value is -5.76. The zero-order chi connectivity index (χ0) is 47.6. The molecule has 0 aromatic heterocycles. The third kappa shape index (κ3) is 20.7. The molecule has 0 fully saturated rings. The maximum atomic E-state index is 14.0. The maximum Gasteiger partial charge on any atom is 0.425 e. The molecule has 0 aliphatic carbocycles. The van der Waals surface area contributed by atoms with Crippen LogP contribution in [0, 0.1) is 0 Å². The summed E-state index contributed by atoms with van der Waals surface area (Å²) in [7, 11) is -4.98. The quantitative estimate of drug-likeness (QED) is 0.0679. The predicted octanol–water partition coefficient (Wildman–Crippen LogP) is 6.96. The summed E-state index contributed by atoms with van der Waals surface area (Å²) in [4.78, 5) is 82.0. The molecule has 0 heterocycles. The summed E-state index contributed by atoms with van der Waals surface area (Å²) < 4.78 is 62.6. The highest BCUT2D eigenvalue weighted by molar-refractivity contribution is 7.87. The Bertz CT molecular complexity index is 2050. The number of benzene rings is 2. The van der Waals surface area contributed by atoms with Gasteiger partial charge in [-0.15, -0.1) is 0 Å². The van der Waals surface area contributed by atoms with E-state index in [0.29, 0.717) is 4.31 Å². The Balaban J connectivity index is 2.41. The molecule has 2 aromatic carbocycles. The first-order chi connectivity index (χ1) is 28.0. The lowest BCUT2D eigenvalue weighted by Crippen LogP contribution is -2.52. The van der Waals surface area contributed by atoms with Crippen LogP contribution in [0.15, 0.2) is 53.5 Å². The average Bonchev–Trinajstić information content (AvgIpc) is 3.03. The summed E-state index contributed by atoms with van der Waals surface area (Å²) in [6.07, 6.45) is -3.89. The minimum absolute atomic E-state index is 0.0361. The molecule has 0 aliphatic heterocycles. The number of aliphatic imine (C=N–C) groups is 1. The molecule has 20 heteroatoms. The number of rotatable bonds is 11. The standard InChI is InChI=1S/C42H61N5O14S/c1-38(2,3)57-31(48)24-30(33(50)58-39(4,5)6)46-62(54,55)47(37(53)61-42(13,14)15)25-26-17-16-18-29(23-26)56-32(49)27-19-21-28(22-20-27)43-34(44-35(51)59-40(7,8)9)45-36(52)60-41(10,11)12/h16-23,30,46H,24-25H2,1-15H3,(H2,43,44,45,51,52). The van der Waals surface area contributed by atoms with Gasteiger partial charge in [-0.1, -0.05) is 12.1 Å². The molecule has 344 valence electrons. The minimum atomic E-state index is -4.98. The van der Waals surface area contributed by atoms with Gasteiger partial charge in [-0.2, -0.15) is 17.4 Å². The number of esters is 3. The lowest BCUT2D eigenvalue weighted by molar-refractivity contribution is -0.164. The van der Waals surface area contributed by atoms with E-state index in [2.05, 4.69) is 20.3 Å². The Morgan fingerprint density at radius 1 is 0.645 bits per heavy atom. The van der Waals surface area contributed by atoms with Crippen LogP contribution in [0.4, 0.5) is 20.1 Å². The fourth-order valence-corrected chi connectivity index (χ4v) is 5.85. The zero-order valence-corrected chi connectivity index (χ0v) is 38.9. The van der Waals surface area contributed by atoms with Crippen LogP contribution in [-0.4, -0.2) is 88.9 Å². The fourth-order valence-electron chi connectivity index (χ4n) is 4.63. The molecule has 0 saturated carbocycles. The first-order valence-electron chi connectivity index (χ1n) is 19.5. The van der Waals surface area contributed by atoms with Gasteiger partial charge in [-0.3, -0.25) is 20.2 Å². The third-order valence-corrected chi connectivity index (χ3v) is 8.12. The van der Waals surface area contributed by atoms with E-state index in [1.165, 1.54) is 69.3 Å². The Labute approximate surface area is 363 Å². The van der Waals surface area contributed by atoms with Gasteiger partial charge in [0.25, 0.3) is 0 Å². The normalized spacial score (nSPS) is 12.8. The monoisotopic (exact) mass is 891 g/mol. The van der Waals surface area contributed by atoms with Crippen molar-refractivity contribution in [3.63, 3.8) is 0 Å². The fraction of sp³-hybridized carbons (Fsp3) is 0.548. The lowest BCUT2D eigenvalue weighted by Gasteiger charge is -2.29. The van der Waals surface area contributed by atoms with Crippen molar-refractivity contribution < 1.29 is 65.6 Å². The van der Waals surface area contributed by atoms with Crippen LogP contribution in [0.1, 0.15) is 126 Å². The highest BCUT2D eigenvalue weighted by Gasteiger charge is 2.38. The van der Waals surface area contributed by atoms with Crippen LogP contribution in [0.5, 0.6) is 5.75 Å². The predicted molar refractivity (Wildman–Crippen MR) is 228 cm³/mol. The molecule has 62 heavy (non-hydrogen) atoms. The molecule has 19 nitrogen and oxygen atoms in total. The lowest BCUT2D eigenvalue weighted by atomic mass is 10.1. The molecule has 2 aromatic rings. The summed E-state index contributed by atoms with van der Waals surface area (Å²) in [5.74, 6) is -3.20. The van der Waals surface area contributed by atoms with Gasteiger partial charge in [-0.05, 0) is 146 Å². The number of guanidine groups is 1. The topological polar surface area (TPSA) is 244 Å². The molecule has 0 aliphatic rings. The van der Waals surface area contributed by atoms with Gasteiger partial charge in [0.2, 0.25) is 5.96 Å². The molecular formula is C42H61N5O14S. The first kappa shape index (κ1) is 52.4. The zero-order valence-electron chi connectivity index (χ0n) is 38.1. The van der Waals surface area contributed by atoms with E-state index in [1.54, 1.807) is 83.1 Å². The van der Waals surface area contributed by atoms with Crippen molar-refractivity contribution in [1.29, 1.82) is 0 Å². The van der Waals surface area contributed by atoms with Crippen LogP contribution in [0.25, 0.3) is 0 Å². The van der Waals surface area contributed by atoms with Gasteiger partial charge < -0.3 is 28.4 Å². The van der Waals surface area contributed by atoms with Crippen molar-refractivity contribution >= 4 is 58.0 Å². The van der Waals surface area contributed by atoms with Crippen molar-refractivity contribution in [3.8, 4) is 5.75 Å². The van der Waals surface area contributed by atoms with Crippen LogP contribution >= 0.6 is 0 Å². The number of carbonyl (C=O) groups is 6. The van der Waals surface area contributed by atoms with E-state index in [9.17, 15) is 37.2 Å². The summed E-state index contributed by atoms with van der Waals surface area (Å²) >= 11 is 0. The Morgan fingerprint density at radius 3 is 1.60 bits per heavy atom. The van der Waals surface area contributed by atoms with E-state index in [-0.39, 0.29) is 28.5 Å². The van der Waals surface area contributed by atoms with E-state index < -0.39 is 93.4 Å². The van der Waals surface area contributed by atoms with Crippen molar-refractivity contribution in [2.45, 2.75) is 151 Å². The number of carbonyl (C=O) groups excluding carboxylic acids is 6. The van der Waals surface area contributed by atoms with Crippen molar-refractivity contribution in [1.82, 2.24) is 19.7 Å². The minimum Gasteiger partial charge on any atom is -0.460 e. The second-order valence-electron chi connectivity index (χ2n) is 18.8. The maximum absolute atomic E-state index is 14.0. The van der Waals surface area contributed by atoms with Crippen molar-refractivity contribution in [3.05, 3.63) is 59.7 Å². The van der Waals surface area contributed by atoms with Crippen LogP contribution in [0.3, 0.4) is 0 Å². The van der Waals surface area contributed by atoms with Crippen molar-refractivity contribution in [2.24, 2.45) is 4.99 Å². The summed E-state index contributed by atoms with van der Waals surface area (Å²) in [6.45, 7) is 23.3. The average molecular weight is 892 g/mol. The van der Waals surface area contributed by atoms with E-state index in [1.807, 2.05) is 0 Å². The van der Waals surface area contributed by atoms with Gasteiger partial charge in [0.05, 0.1) is 24.2 Å². The highest BCUT2D eigenvalue weighted by Crippen LogP contribution is 2.23. The number of ether oxygens (including phenoxy) is 6. The molecule has 3 N–H and O–H groups in total. The summed E-state index contributed by atoms with van der Waals surface area (Å²) in [5.41, 5.74) is -4.50. The number of hydrogen-bond acceptors (Lipinski definition) is 15. The van der Waals surface area contributed by atoms with Gasteiger partial charge in [0.1, 0.15) is 39.8 Å². The second-order valence-corrected chi connectivity index (χ2v) is 20.4. The van der Waals surface area contributed by atoms with Gasteiger partial charge in [-0.25, -0.2) is 24.2 Å². The largest absolute Gasteiger partial charge is 0.460 e. The van der Waals surface area contributed by atoms with E-state index in [4.69, 9.17) is 28.4 Å². The van der Waals surface area contributed by atoms with E-state index in [0.717, 1.165) is 0 Å². The van der Waals surface area contributed by atoms with Gasteiger partial charge in [0, 0.05) is 0 Å². The van der Waals surface area contributed by atoms with Gasteiger partial charge >= 0.3 is 46.4 Å². The molecule has 1 unspecified atom stereocenters. The van der Waals surface area contributed by atoms with Crippen LogP contribution in [-0.2, 0) is 50.0 Å². The smallest absolute Gasteiger partial charge is 0.425 e. The second kappa shape index (κ2) is 20.4. The number of alkyl carbamates (subject to hydrolysis) is 2. The third-order valence-electron chi connectivity index (χ3n) is 6.68. The van der Waals surface area contributed by atoms with Gasteiger partial charge in [0.15, 0.2) is 0 Å². The highest BCUT2D eigenvalue weighted by atomic mass is 32.2. The molecule has 0 radical (unpaired) electrons. The number of hydrogen-bond donors (Lipinski definition) is 3. The van der Waals surface area contributed by atoms with Crippen LogP contribution in [0.2, 0.25) is 0 Å². The molecular weight excluding hydrogens is 831 g/mol. The summed E-state index contributed by atoms with van der Waals surface area (Å²) in [6, 6.07) is 9.37. The number of amides is 3. The molecule has 2 rings (SSSR count). The number of nitrogens with zero attached hydrogens (tertiary/aromatic N) is 2.